The van der Waals surface area contributed by atoms with Crippen LogP contribution in [-0.2, 0) is 11.8 Å². The molecule has 3 nitrogen and oxygen atoms in total. The van der Waals surface area contributed by atoms with Crippen LogP contribution in [0, 0.1) is 0 Å². The molecule has 1 N–H and O–H groups in total. The molecule has 16 heavy (non-hydrogen) atoms. The quantitative estimate of drug-likeness (QED) is 0.804. The van der Waals surface area contributed by atoms with Crippen LogP contribution in [0.1, 0.15) is 51.7 Å². The molecular formula is C13H22N2O. The molecule has 1 aromatic rings. The van der Waals surface area contributed by atoms with Crippen LogP contribution in [0.5, 0.6) is 0 Å². The van der Waals surface area contributed by atoms with Crippen LogP contribution in [0.4, 0.5) is 0 Å². The van der Waals surface area contributed by atoms with E-state index in [2.05, 4.69) is 31.1 Å². The monoisotopic (exact) mass is 222 g/mol. The minimum absolute atomic E-state index is 0.106. The SMILES string of the molecule is CCC(C)(C)c1cnc(CCNC2CC2)o1. The summed E-state index contributed by atoms with van der Waals surface area (Å²) in [5.41, 5.74) is 0.106. The van der Waals surface area contributed by atoms with Gasteiger partial charge in [-0.25, -0.2) is 4.98 Å². The number of hydrogen-bond donors (Lipinski definition) is 1. The van der Waals surface area contributed by atoms with Crippen molar-refractivity contribution in [1.29, 1.82) is 0 Å². The summed E-state index contributed by atoms with van der Waals surface area (Å²) in [5, 5.41) is 3.47. The molecule has 0 amide bonds. The molecule has 0 saturated heterocycles. The summed E-state index contributed by atoms with van der Waals surface area (Å²) in [6.07, 6.45) is 6.52. The number of oxazole rings is 1. The van der Waals surface area contributed by atoms with E-state index in [1.54, 1.807) is 0 Å². The number of rotatable bonds is 6. The van der Waals surface area contributed by atoms with Gasteiger partial charge in [-0.1, -0.05) is 20.8 Å². The molecule has 1 saturated carbocycles. The van der Waals surface area contributed by atoms with Crippen molar-refractivity contribution in [2.24, 2.45) is 0 Å². The number of nitrogens with one attached hydrogen (secondary N) is 1. The molecule has 1 fully saturated rings. The molecule has 3 heteroatoms. The van der Waals surface area contributed by atoms with E-state index in [0.29, 0.717) is 0 Å². The second-order valence-electron chi connectivity index (χ2n) is 5.33. The van der Waals surface area contributed by atoms with Gasteiger partial charge in [0, 0.05) is 24.4 Å². The normalized spacial score (nSPS) is 16.7. The lowest BCUT2D eigenvalue weighted by atomic mass is 9.88. The lowest BCUT2D eigenvalue weighted by Gasteiger charge is -2.18. The van der Waals surface area contributed by atoms with Crippen LogP contribution in [0.15, 0.2) is 10.6 Å². The van der Waals surface area contributed by atoms with Crippen LogP contribution in [0.2, 0.25) is 0 Å². The van der Waals surface area contributed by atoms with Crippen molar-refractivity contribution in [3.05, 3.63) is 17.8 Å². The standard InChI is InChI=1S/C13H22N2O/c1-4-13(2,3)11-9-15-12(16-11)7-8-14-10-5-6-10/h9-10,14H,4-8H2,1-3H3. The lowest BCUT2D eigenvalue weighted by molar-refractivity contribution is 0.354. The Kier molecular flexibility index (Phi) is 3.33. The zero-order chi connectivity index (χ0) is 11.6. The number of hydrogen-bond acceptors (Lipinski definition) is 3. The molecule has 0 bridgehead atoms. The van der Waals surface area contributed by atoms with Crippen molar-refractivity contribution in [3.8, 4) is 0 Å². The first-order chi connectivity index (χ1) is 7.62. The van der Waals surface area contributed by atoms with E-state index in [9.17, 15) is 0 Å². The summed E-state index contributed by atoms with van der Waals surface area (Å²) in [6.45, 7) is 7.55. The Morgan fingerprint density at radius 2 is 2.25 bits per heavy atom. The van der Waals surface area contributed by atoms with Crippen LogP contribution in [0.3, 0.4) is 0 Å². The third kappa shape index (κ3) is 2.85. The average Bonchev–Trinajstić information content (AvgIpc) is 2.94. The molecule has 0 spiro atoms. The minimum Gasteiger partial charge on any atom is -0.445 e. The van der Waals surface area contributed by atoms with Crippen molar-refractivity contribution in [1.82, 2.24) is 10.3 Å². The van der Waals surface area contributed by atoms with Gasteiger partial charge < -0.3 is 9.73 Å². The molecule has 0 aliphatic heterocycles. The van der Waals surface area contributed by atoms with Crippen molar-refractivity contribution in [2.45, 2.75) is 57.9 Å². The average molecular weight is 222 g/mol. The highest BCUT2D eigenvalue weighted by Crippen LogP contribution is 2.27. The lowest BCUT2D eigenvalue weighted by Crippen LogP contribution is -2.19. The number of nitrogens with zero attached hydrogens (tertiary/aromatic N) is 1. The summed E-state index contributed by atoms with van der Waals surface area (Å²) < 4.78 is 5.79. The zero-order valence-corrected chi connectivity index (χ0v) is 10.5. The fourth-order valence-electron chi connectivity index (χ4n) is 1.58. The van der Waals surface area contributed by atoms with E-state index < -0.39 is 0 Å². The van der Waals surface area contributed by atoms with Gasteiger partial charge in [0.2, 0.25) is 0 Å². The first-order valence-electron chi connectivity index (χ1n) is 6.30. The van der Waals surface area contributed by atoms with Gasteiger partial charge in [-0.3, -0.25) is 0 Å². The molecule has 1 aromatic heterocycles. The van der Waals surface area contributed by atoms with E-state index in [1.807, 2.05) is 6.20 Å². The van der Waals surface area contributed by atoms with E-state index in [1.165, 1.54) is 12.8 Å². The van der Waals surface area contributed by atoms with Gasteiger partial charge in [-0.15, -0.1) is 0 Å². The molecule has 90 valence electrons. The van der Waals surface area contributed by atoms with Gasteiger partial charge in [0.05, 0.1) is 6.20 Å². The second-order valence-corrected chi connectivity index (χ2v) is 5.33. The first kappa shape index (κ1) is 11.6. The summed E-state index contributed by atoms with van der Waals surface area (Å²) >= 11 is 0. The van der Waals surface area contributed by atoms with E-state index in [-0.39, 0.29) is 5.41 Å². The Morgan fingerprint density at radius 3 is 2.88 bits per heavy atom. The van der Waals surface area contributed by atoms with Crippen LogP contribution >= 0.6 is 0 Å². The molecule has 0 radical (unpaired) electrons. The third-order valence-corrected chi connectivity index (χ3v) is 3.45. The van der Waals surface area contributed by atoms with Crippen molar-refractivity contribution >= 4 is 0 Å². The minimum atomic E-state index is 0.106. The summed E-state index contributed by atoms with van der Waals surface area (Å²) in [5.74, 6) is 1.88. The largest absolute Gasteiger partial charge is 0.445 e. The fourth-order valence-corrected chi connectivity index (χ4v) is 1.58. The predicted molar refractivity (Wildman–Crippen MR) is 64.5 cm³/mol. The molecule has 0 unspecified atom stereocenters. The van der Waals surface area contributed by atoms with E-state index in [4.69, 9.17) is 4.42 Å². The van der Waals surface area contributed by atoms with Gasteiger partial charge in [0.15, 0.2) is 5.89 Å². The van der Waals surface area contributed by atoms with Gasteiger partial charge >= 0.3 is 0 Å². The Bertz CT molecular complexity index is 339. The third-order valence-electron chi connectivity index (χ3n) is 3.45. The molecular weight excluding hydrogens is 200 g/mol. The van der Waals surface area contributed by atoms with Gasteiger partial charge in [-0.2, -0.15) is 0 Å². The fraction of sp³-hybridized carbons (Fsp3) is 0.769. The highest BCUT2D eigenvalue weighted by molar-refractivity contribution is 5.07. The zero-order valence-electron chi connectivity index (χ0n) is 10.5. The van der Waals surface area contributed by atoms with Crippen LogP contribution in [0.25, 0.3) is 0 Å². The Hall–Kier alpha value is -0.830. The van der Waals surface area contributed by atoms with Crippen LogP contribution < -0.4 is 5.32 Å². The van der Waals surface area contributed by atoms with Gasteiger partial charge in [0.1, 0.15) is 5.76 Å². The molecule has 1 aliphatic rings. The maximum Gasteiger partial charge on any atom is 0.195 e. The van der Waals surface area contributed by atoms with E-state index in [0.717, 1.165) is 37.1 Å². The smallest absolute Gasteiger partial charge is 0.195 e. The van der Waals surface area contributed by atoms with Crippen molar-refractivity contribution in [2.75, 3.05) is 6.54 Å². The highest BCUT2D eigenvalue weighted by atomic mass is 16.4. The molecule has 0 aromatic carbocycles. The number of aromatic nitrogens is 1. The Balaban J connectivity index is 1.85. The molecule has 1 heterocycles. The van der Waals surface area contributed by atoms with E-state index >= 15 is 0 Å². The molecule has 0 atom stereocenters. The van der Waals surface area contributed by atoms with Gasteiger partial charge in [0.25, 0.3) is 0 Å². The summed E-state index contributed by atoms with van der Waals surface area (Å²) in [6, 6.07) is 0.765. The van der Waals surface area contributed by atoms with Gasteiger partial charge in [-0.05, 0) is 19.3 Å². The van der Waals surface area contributed by atoms with Crippen molar-refractivity contribution in [3.63, 3.8) is 0 Å². The Labute approximate surface area is 97.6 Å². The van der Waals surface area contributed by atoms with Crippen LogP contribution in [-0.4, -0.2) is 17.6 Å². The maximum absolute atomic E-state index is 5.79. The summed E-state index contributed by atoms with van der Waals surface area (Å²) in [4.78, 5) is 4.34. The molecule has 2 rings (SSSR count). The first-order valence-corrected chi connectivity index (χ1v) is 6.30. The molecule has 1 aliphatic carbocycles. The highest BCUT2D eigenvalue weighted by Gasteiger charge is 2.23. The summed E-state index contributed by atoms with van der Waals surface area (Å²) in [7, 11) is 0. The maximum atomic E-state index is 5.79. The topological polar surface area (TPSA) is 38.1 Å². The second kappa shape index (κ2) is 4.58. The van der Waals surface area contributed by atoms with Crippen molar-refractivity contribution < 1.29 is 4.42 Å². The Morgan fingerprint density at radius 1 is 1.50 bits per heavy atom. The predicted octanol–water partition coefficient (Wildman–Crippen LogP) is 2.66.